The molecule has 0 aliphatic heterocycles. The molecule has 0 bridgehead atoms. The van der Waals surface area contributed by atoms with Crippen molar-refractivity contribution in [2.75, 3.05) is 5.32 Å². The first-order valence-corrected chi connectivity index (χ1v) is 4.49. The Hall–Kier alpha value is -1.55. The molecular formula is C10H12N2O2. The fraction of sp³-hybridized carbons (Fsp3) is 0.300. The van der Waals surface area contributed by atoms with Crippen molar-refractivity contribution in [2.24, 2.45) is 5.73 Å². The van der Waals surface area contributed by atoms with Gasteiger partial charge in [0.05, 0.1) is 5.60 Å². The molecule has 1 aromatic carbocycles. The first-order valence-electron chi connectivity index (χ1n) is 4.49. The fourth-order valence-electron chi connectivity index (χ4n) is 1.41. The van der Waals surface area contributed by atoms with Crippen molar-refractivity contribution < 1.29 is 9.90 Å². The number of anilines is 1. The van der Waals surface area contributed by atoms with E-state index in [0.29, 0.717) is 5.69 Å². The van der Waals surface area contributed by atoms with E-state index < -0.39 is 11.6 Å². The Bertz CT molecular complexity index is 355. The summed E-state index contributed by atoms with van der Waals surface area (Å²) in [5.41, 5.74) is 5.88. The molecule has 0 atom stereocenters. The molecule has 0 spiro atoms. The maximum atomic E-state index is 10.5. The molecule has 0 radical (unpaired) electrons. The molecule has 1 saturated carbocycles. The van der Waals surface area contributed by atoms with E-state index in [-0.39, 0.29) is 0 Å². The first kappa shape index (κ1) is 9.02. The molecule has 1 aromatic rings. The van der Waals surface area contributed by atoms with Crippen LogP contribution in [0, 0.1) is 0 Å². The van der Waals surface area contributed by atoms with Crippen molar-refractivity contribution in [2.45, 2.75) is 18.4 Å². The van der Waals surface area contributed by atoms with Crippen molar-refractivity contribution in [1.82, 2.24) is 0 Å². The lowest BCUT2D eigenvalue weighted by molar-refractivity contribution is 0.151. The van der Waals surface area contributed by atoms with E-state index in [1.54, 1.807) is 24.3 Å². The second kappa shape index (κ2) is 2.99. The number of urea groups is 1. The topological polar surface area (TPSA) is 75.4 Å². The smallest absolute Gasteiger partial charge is 0.316 e. The summed E-state index contributed by atoms with van der Waals surface area (Å²) in [6, 6.07) is 6.49. The van der Waals surface area contributed by atoms with Gasteiger partial charge in [0, 0.05) is 5.69 Å². The molecule has 2 amide bonds. The normalized spacial score (nSPS) is 17.5. The predicted molar refractivity (Wildman–Crippen MR) is 52.8 cm³/mol. The van der Waals surface area contributed by atoms with E-state index in [0.717, 1.165) is 18.4 Å². The zero-order valence-electron chi connectivity index (χ0n) is 7.66. The molecule has 74 valence electrons. The Morgan fingerprint density at radius 2 is 1.93 bits per heavy atom. The number of benzene rings is 1. The summed E-state index contributed by atoms with van der Waals surface area (Å²) < 4.78 is 0. The lowest BCUT2D eigenvalue weighted by atomic mass is 10.1. The molecule has 1 fully saturated rings. The van der Waals surface area contributed by atoms with Gasteiger partial charge in [0.2, 0.25) is 0 Å². The summed E-state index contributed by atoms with van der Waals surface area (Å²) in [6.07, 6.45) is 1.63. The minimum absolute atomic E-state index is 0.581. The fourth-order valence-corrected chi connectivity index (χ4v) is 1.41. The van der Waals surface area contributed by atoms with Crippen molar-refractivity contribution in [3.63, 3.8) is 0 Å². The highest BCUT2D eigenvalue weighted by atomic mass is 16.3. The SMILES string of the molecule is NC(=O)Nc1ccc(C2(O)CC2)cc1. The third kappa shape index (κ3) is 1.70. The Labute approximate surface area is 81.7 Å². The lowest BCUT2D eigenvalue weighted by Gasteiger charge is -2.08. The molecular weight excluding hydrogens is 180 g/mol. The van der Waals surface area contributed by atoms with Gasteiger partial charge in [-0.05, 0) is 30.5 Å². The predicted octanol–water partition coefficient (Wildman–Crippen LogP) is 1.16. The Kier molecular flexibility index (Phi) is 1.93. The molecule has 0 heterocycles. The zero-order valence-corrected chi connectivity index (χ0v) is 7.66. The summed E-state index contributed by atoms with van der Waals surface area (Å²) in [5, 5.41) is 12.2. The summed E-state index contributed by atoms with van der Waals surface area (Å²) in [7, 11) is 0. The van der Waals surface area contributed by atoms with E-state index in [4.69, 9.17) is 5.73 Å². The summed E-state index contributed by atoms with van der Waals surface area (Å²) in [5.74, 6) is 0. The van der Waals surface area contributed by atoms with Crippen LogP contribution in [0.4, 0.5) is 10.5 Å². The Balaban J connectivity index is 2.14. The van der Waals surface area contributed by atoms with Gasteiger partial charge in [-0.3, -0.25) is 0 Å². The van der Waals surface area contributed by atoms with Gasteiger partial charge < -0.3 is 16.2 Å². The van der Waals surface area contributed by atoms with E-state index in [1.807, 2.05) is 0 Å². The maximum Gasteiger partial charge on any atom is 0.316 e. The highest BCUT2D eigenvalue weighted by Crippen LogP contribution is 2.45. The van der Waals surface area contributed by atoms with Crippen molar-refractivity contribution >= 4 is 11.7 Å². The number of hydrogen-bond donors (Lipinski definition) is 3. The summed E-state index contributed by atoms with van der Waals surface area (Å²) in [6.45, 7) is 0. The largest absolute Gasteiger partial charge is 0.385 e. The zero-order chi connectivity index (χ0) is 10.2. The van der Waals surface area contributed by atoms with Crippen LogP contribution >= 0.6 is 0 Å². The second-order valence-electron chi connectivity index (χ2n) is 3.60. The van der Waals surface area contributed by atoms with E-state index in [9.17, 15) is 9.90 Å². The molecule has 2 rings (SSSR count). The van der Waals surface area contributed by atoms with Crippen molar-refractivity contribution in [3.8, 4) is 0 Å². The molecule has 0 unspecified atom stereocenters. The summed E-state index contributed by atoms with van der Waals surface area (Å²) in [4.78, 5) is 10.5. The second-order valence-corrected chi connectivity index (χ2v) is 3.60. The van der Waals surface area contributed by atoms with Crippen molar-refractivity contribution in [3.05, 3.63) is 29.8 Å². The number of amides is 2. The molecule has 0 saturated heterocycles. The highest BCUT2D eigenvalue weighted by Gasteiger charge is 2.41. The monoisotopic (exact) mass is 192 g/mol. The van der Waals surface area contributed by atoms with Crippen LogP contribution < -0.4 is 11.1 Å². The van der Waals surface area contributed by atoms with Gasteiger partial charge in [-0.2, -0.15) is 0 Å². The van der Waals surface area contributed by atoms with Crippen LogP contribution in [0.2, 0.25) is 0 Å². The van der Waals surface area contributed by atoms with Gasteiger partial charge in [-0.25, -0.2) is 4.79 Å². The summed E-state index contributed by atoms with van der Waals surface area (Å²) >= 11 is 0. The molecule has 14 heavy (non-hydrogen) atoms. The Morgan fingerprint density at radius 1 is 1.36 bits per heavy atom. The standard InChI is InChI=1S/C10H12N2O2/c11-9(13)12-8-3-1-7(2-4-8)10(14)5-6-10/h1-4,14H,5-6H2,(H3,11,12,13). The number of rotatable bonds is 2. The number of aliphatic hydroxyl groups is 1. The van der Waals surface area contributed by atoms with Gasteiger partial charge in [-0.15, -0.1) is 0 Å². The number of carbonyl (C=O) groups excluding carboxylic acids is 1. The minimum atomic E-state index is -0.620. The van der Waals surface area contributed by atoms with Gasteiger partial charge in [-0.1, -0.05) is 12.1 Å². The minimum Gasteiger partial charge on any atom is -0.385 e. The number of nitrogens with one attached hydrogen (secondary N) is 1. The maximum absolute atomic E-state index is 10.5. The molecule has 0 aromatic heterocycles. The van der Waals surface area contributed by atoms with Crippen molar-refractivity contribution in [1.29, 1.82) is 0 Å². The van der Waals surface area contributed by atoms with Crippen LogP contribution in [0.3, 0.4) is 0 Å². The van der Waals surface area contributed by atoms with Gasteiger partial charge >= 0.3 is 6.03 Å². The number of carbonyl (C=O) groups is 1. The van der Waals surface area contributed by atoms with Gasteiger partial charge in [0.25, 0.3) is 0 Å². The van der Waals surface area contributed by atoms with Crippen LogP contribution in [0.15, 0.2) is 24.3 Å². The molecule has 4 nitrogen and oxygen atoms in total. The highest BCUT2D eigenvalue weighted by molar-refractivity contribution is 5.87. The van der Waals surface area contributed by atoms with Crippen LogP contribution in [0.5, 0.6) is 0 Å². The van der Waals surface area contributed by atoms with Crippen LogP contribution in [-0.2, 0) is 5.60 Å². The van der Waals surface area contributed by atoms with Gasteiger partial charge in [0.1, 0.15) is 0 Å². The van der Waals surface area contributed by atoms with Crippen LogP contribution in [0.25, 0.3) is 0 Å². The molecule has 4 heteroatoms. The average Bonchev–Trinajstić information content (AvgIpc) is 2.85. The molecule has 4 N–H and O–H groups in total. The lowest BCUT2D eigenvalue weighted by Crippen LogP contribution is -2.19. The first-order chi connectivity index (χ1) is 6.60. The number of hydrogen-bond acceptors (Lipinski definition) is 2. The number of nitrogens with two attached hydrogens (primary N) is 1. The molecule has 1 aliphatic rings. The molecule has 1 aliphatic carbocycles. The third-order valence-corrected chi connectivity index (χ3v) is 2.41. The third-order valence-electron chi connectivity index (χ3n) is 2.41. The number of primary amides is 1. The van der Waals surface area contributed by atoms with Crippen LogP contribution in [0.1, 0.15) is 18.4 Å². The van der Waals surface area contributed by atoms with E-state index in [1.165, 1.54) is 0 Å². The Morgan fingerprint density at radius 3 is 2.36 bits per heavy atom. The van der Waals surface area contributed by atoms with E-state index in [2.05, 4.69) is 5.32 Å². The quantitative estimate of drug-likeness (QED) is 0.657. The van der Waals surface area contributed by atoms with Gasteiger partial charge in [0.15, 0.2) is 0 Å². The average molecular weight is 192 g/mol. The van der Waals surface area contributed by atoms with E-state index >= 15 is 0 Å². The van der Waals surface area contributed by atoms with Crippen LogP contribution in [-0.4, -0.2) is 11.1 Å².